The van der Waals surface area contributed by atoms with E-state index in [1.54, 1.807) is 0 Å². The van der Waals surface area contributed by atoms with Gasteiger partial charge in [0.25, 0.3) is 5.91 Å². The lowest BCUT2D eigenvalue weighted by molar-refractivity contribution is -0.142. The third-order valence-electron chi connectivity index (χ3n) is 5.01. The van der Waals surface area contributed by atoms with Crippen LogP contribution in [0.15, 0.2) is 29.3 Å². The van der Waals surface area contributed by atoms with Gasteiger partial charge in [-0.15, -0.1) is 24.0 Å². The monoisotopic (exact) mass is 472 g/mol. The third-order valence-corrected chi connectivity index (χ3v) is 5.01. The minimum absolute atomic E-state index is 0. The average Bonchev–Trinajstić information content (AvgIpc) is 3.18. The highest BCUT2D eigenvalue weighted by molar-refractivity contribution is 14.0. The fourth-order valence-electron chi connectivity index (χ4n) is 3.43. The van der Waals surface area contributed by atoms with Crippen LogP contribution in [0.1, 0.15) is 24.0 Å². The number of nitrogens with zero attached hydrogens (tertiary/aromatic N) is 3. The Labute approximate surface area is 173 Å². The second-order valence-electron chi connectivity index (χ2n) is 6.64. The maximum absolute atomic E-state index is 12.4. The summed E-state index contributed by atoms with van der Waals surface area (Å²) in [5.74, 6) is 1.05. The summed E-state index contributed by atoms with van der Waals surface area (Å²) in [7, 11) is 1.81. The van der Waals surface area contributed by atoms with Crippen molar-refractivity contribution in [2.45, 2.75) is 32.4 Å². The Hall–Kier alpha value is -1.35. The number of hydrogen-bond acceptors (Lipinski definition) is 3. The van der Waals surface area contributed by atoms with Gasteiger partial charge in [-0.2, -0.15) is 0 Å². The van der Waals surface area contributed by atoms with Crippen LogP contribution in [-0.4, -0.2) is 67.6 Å². The first-order valence-electron chi connectivity index (χ1n) is 9.09. The first kappa shape index (κ1) is 21.0. The molecule has 144 valence electrons. The maximum atomic E-state index is 12.4. The highest BCUT2D eigenvalue weighted by Gasteiger charge is 2.30. The number of piperazine rings is 1. The van der Waals surface area contributed by atoms with E-state index in [0.29, 0.717) is 6.61 Å². The number of halogens is 1. The number of rotatable bonds is 3. The summed E-state index contributed by atoms with van der Waals surface area (Å²) in [6.07, 6.45) is 1.63. The number of carbonyl (C=O) groups excluding carboxylic acids is 1. The van der Waals surface area contributed by atoms with Crippen molar-refractivity contribution in [3.05, 3.63) is 35.4 Å². The molecule has 26 heavy (non-hydrogen) atoms. The lowest BCUT2D eigenvalue weighted by Crippen LogP contribution is -2.55. The topological polar surface area (TPSA) is 57.2 Å². The number of benzene rings is 1. The molecule has 0 spiro atoms. The van der Waals surface area contributed by atoms with Crippen molar-refractivity contribution in [3.8, 4) is 0 Å². The normalized spacial score (nSPS) is 20.7. The molecular weight excluding hydrogens is 443 g/mol. The quantitative estimate of drug-likeness (QED) is 0.416. The first-order valence-corrected chi connectivity index (χ1v) is 9.09. The van der Waals surface area contributed by atoms with Gasteiger partial charge in [-0.05, 0) is 30.9 Å². The molecule has 0 aromatic heterocycles. The Morgan fingerprint density at radius 2 is 1.92 bits per heavy atom. The fourth-order valence-corrected chi connectivity index (χ4v) is 3.43. The highest BCUT2D eigenvalue weighted by atomic mass is 127. The molecule has 3 rings (SSSR count). The molecular formula is C19H29IN4O2. The highest BCUT2D eigenvalue weighted by Crippen LogP contribution is 2.16. The van der Waals surface area contributed by atoms with Crippen molar-refractivity contribution in [1.29, 1.82) is 0 Å². The van der Waals surface area contributed by atoms with E-state index in [2.05, 4.69) is 46.4 Å². The SMILES string of the molecule is CN=C(NCc1ccccc1C)N1CCN(C(=O)C2CCCO2)CC1.I. The Balaban J connectivity index is 0.00000243. The van der Waals surface area contributed by atoms with Gasteiger partial charge in [0.2, 0.25) is 0 Å². The van der Waals surface area contributed by atoms with Crippen LogP contribution in [0, 0.1) is 6.92 Å². The zero-order valence-corrected chi connectivity index (χ0v) is 17.9. The van der Waals surface area contributed by atoms with Gasteiger partial charge in [0, 0.05) is 46.4 Å². The van der Waals surface area contributed by atoms with Crippen LogP contribution in [0.5, 0.6) is 0 Å². The van der Waals surface area contributed by atoms with Gasteiger partial charge in [-0.25, -0.2) is 0 Å². The Bertz CT molecular complexity index is 624. The zero-order chi connectivity index (χ0) is 17.6. The lowest BCUT2D eigenvalue weighted by Gasteiger charge is -2.37. The molecule has 1 unspecified atom stereocenters. The Kier molecular flexibility index (Phi) is 8.15. The third kappa shape index (κ3) is 5.09. The van der Waals surface area contributed by atoms with E-state index in [9.17, 15) is 4.79 Å². The summed E-state index contributed by atoms with van der Waals surface area (Å²) < 4.78 is 5.52. The van der Waals surface area contributed by atoms with Gasteiger partial charge in [0.05, 0.1) is 0 Å². The summed E-state index contributed by atoms with van der Waals surface area (Å²) in [5, 5.41) is 3.44. The molecule has 6 nitrogen and oxygen atoms in total. The fraction of sp³-hybridized carbons (Fsp3) is 0.579. The van der Waals surface area contributed by atoms with Crippen molar-refractivity contribution < 1.29 is 9.53 Å². The smallest absolute Gasteiger partial charge is 0.251 e. The minimum Gasteiger partial charge on any atom is -0.368 e. The molecule has 7 heteroatoms. The number of amides is 1. The molecule has 0 aliphatic carbocycles. The summed E-state index contributed by atoms with van der Waals surface area (Å²) in [6, 6.07) is 8.36. The van der Waals surface area contributed by atoms with Gasteiger partial charge in [0.1, 0.15) is 6.10 Å². The number of aliphatic imine (C=N–C) groups is 1. The molecule has 1 atom stereocenters. The van der Waals surface area contributed by atoms with Gasteiger partial charge < -0.3 is 19.9 Å². The van der Waals surface area contributed by atoms with Crippen LogP contribution in [0.3, 0.4) is 0 Å². The second-order valence-corrected chi connectivity index (χ2v) is 6.64. The van der Waals surface area contributed by atoms with Crippen LogP contribution < -0.4 is 5.32 Å². The van der Waals surface area contributed by atoms with Gasteiger partial charge in [-0.3, -0.25) is 9.79 Å². The van der Waals surface area contributed by atoms with Gasteiger partial charge >= 0.3 is 0 Å². The maximum Gasteiger partial charge on any atom is 0.251 e. The number of guanidine groups is 1. The molecule has 0 radical (unpaired) electrons. The summed E-state index contributed by atoms with van der Waals surface area (Å²) in [5.41, 5.74) is 2.55. The molecule has 2 aliphatic rings. The predicted molar refractivity (Wildman–Crippen MR) is 114 cm³/mol. The van der Waals surface area contributed by atoms with Crippen molar-refractivity contribution >= 4 is 35.8 Å². The molecule has 1 aromatic carbocycles. The molecule has 2 saturated heterocycles. The molecule has 1 aromatic rings. The number of hydrogen-bond donors (Lipinski definition) is 1. The van der Waals surface area contributed by atoms with Crippen LogP contribution in [0.2, 0.25) is 0 Å². The van der Waals surface area contributed by atoms with Crippen LogP contribution in [-0.2, 0) is 16.1 Å². The van der Waals surface area contributed by atoms with Crippen molar-refractivity contribution in [3.63, 3.8) is 0 Å². The number of aryl methyl sites for hydroxylation is 1. The van der Waals surface area contributed by atoms with Crippen LogP contribution >= 0.6 is 24.0 Å². The molecule has 2 heterocycles. The van der Waals surface area contributed by atoms with Crippen LogP contribution in [0.4, 0.5) is 0 Å². The van der Waals surface area contributed by atoms with Gasteiger partial charge in [-0.1, -0.05) is 24.3 Å². The average molecular weight is 472 g/mol. The molecule has 1 amide bonds. The van der Waals surface area contributed by atoms with E-state index in [1.807, 2.05) is 11.9 Å². The van der Waals surface area contributed by atoms with E-state index >= 15 is 0 Å². The summed E-state index contributed by atoms with van der Waals surface area (Å²) >= 11 is 0. The van der Waals surface area contributed by atoms with Crippen LogP contribution in [0.25, 0.3) is 0 Å². The van der Waals surface area contributed by atoms with Gasteiger partial charge in [0.15, 0.2) is 5.96 Å². The Morgan fingerprint density at radius 3 is 2.54 bits per heavy atom. The molecule has 1 N–H and O–H groups in total. The predicted octanol–water partition coefficient (Wildman–Crippen LogP) is 2.01. The van der Waals surface area contributed by atoms with Crippen molar-refractivity contribution in [1.82, 2.24) is 15.1 Å². The summed E-state index contributed by atoms with van der Waals surface area (Å²) in [4.78, 5) is 21.0. The summed E-state index contributed by atoms with van der Waals surface area (Å²) in [6.45, 7) is 6.64. The standard InChI is InChI=1S/C19H28N4O2.HI/c1-15-6-3-4-7-16(15)14-21-19(20-2)23-11-9-22(10-12-23)18(24)17-8-5-13-25-17;/h3-4,6-7,17H,5,8-14H2,1-2H3,(H,20,21);1H. The molecule has 0 saturated carbocycles. The largest absolute Gasteiger partial charge is 0.368 e. The van der Waals surface area contributed by atoms with E-state index < -0.39 is 0 Å². The minimum atomic E-state index is -0.218. The second kappa shape index (κ2) is 10.1. The lowest BCUT2D eigenvalue weighted by atomic mass is 10.1. The molecule has 2 fully saturated rings. The van der Waals surface area contributed by atoms with E-state index in [0.717, 1.165) is 51.5 Å². The number of ether oxygens (including phenoxy) is 1. The molecule has 2 aliphatic heterocycles. The molecule has 0 bridgehead atoms. The Morgan fingerprint density at radius 1 is 1.23 bits per heavy atom. The first-order chi connectivity index (χ1) is 12.2. The van der Waals surface area contributed by atoms with E-state index in [4.69, 9.17) is 4.74 Å². The van der Waals surface area contributed by atoms with Crippen molar-refractivity contribution in [2.75, 3.05) is 39.8 Å². The van der Waals surface area contributed by atoms with Crippen molar-refractivity contribution in [2.24, 2.45) is 4.99 Å². The number of carbonyl (C=O) groups is 1. The van der Waals surface area contributed by atoms with E-state index in [1.165, 1.54) is 11.1 Å². The number of nitrogens with one attached hydrogen (secondary N) is 1. The zero-order valence-electron chi connectivity index (χ0n) is 15.6. The van der Waals surface area contributed by atoms with E-state index in [-0.39, 0.29) is 36.0 Å².